The summed E-state index contributed by atoms with van der Waals surface area (Å²) in [5, 5.41) is 31.6. The van der Waals surface area contributed by atoms with Crippen LogP contribution in [0.15, 0.2) is 47.4 Å². The first-order valence-electron chi connectivity index (χ1n) is 11.6. The summed E-state index contributed by atoms with van der Waals surface area (Å²) in [6.07, 6.45) is -6.51. The monoisotopic (exact) mass is 546 g/mol. The summed E-state index contributed by atoms with van der Waals surface area (Å²) < 4.78 is 71.5. The molecule has 1 amide bonds. The van der Waals surface area contributed by atoms with Crippen LogP contribution in [0.5, 0.6) is 0 Å². The fourth-order valence-corrected chi connectivity index (χ4v) is 5.71. The van der Waals surface area contributed by atoms with Gasteiger partial charge >= 0.3 is 6.18 Å². The Morgan fingerprint density at radius 3 is 2.32 bits per heavy atom. The number of fused-ring (bicyclic) bond motifs is 1. The normalized spacial score (nSPS) is 19.5. The van der Waals surface area contributed by atoms with E-state index in [-0.39, 0.29) is 19.4 Å². The van der Waals surface area contributed by atoms with Crippen molar-refractivity contribution in [3.63, 3.8) is 0 Å². The number of hydrogen-bond acceptors (Lipinski definition) is 5. The summed E-state index contributed by atoms with van der Waals surface area (Å²) in [6, 6.07) is 9.51. The van der Waals surface area contributed by atoms with Crippen LogP contribution in [0.4, 0.5) is 23.2 Å². The molecular formula is C25H30F4N2O5S. The van der Waals surface area contributed by atoms with Gasteiger partial charge in [-0.15, -0.1) is 0 Å². The van der Waals surface area contributed by atoms with Crippen molar-refractivity contribution in [1.82, 2.24) is 5.32 Å². The summed E-state index contributed by atoms with van der Waals surface area (Å²) in [5.41, 5.74) is -5.96. The molecule has 0 radical (unpaired) electrons. The molecule has 4 atom stereocenters. The van der Waals surface area contributed by atoms with Crippen molar-refractivity contribution >= 4 is 22.6 Å². The number of alkyl halides is 4. The van der Waals surface area contributed by atoms with Gasteiger partial charge in [-0.2, -0.15) is 13.2 Å². The number of aryl methyl sites for hydroxylation is 2. The predicted octanol–water partition coefficient (Wildman–Crippen LogP) is 2.81. The Morgan fingerprint density at radius 1 is 1.16 bits per heavy atom. The second-order valence-corrected chi connectivity index (χ2v) is 10.9. The minimum absolute atomic E-state index is 0.0707. The highest BCUT2D eigenvalue weighted by atomic mass is 32.2. The van der Waals surface area contributed by atoms with E-state index in [0.29, 0.717) is 30.0 Å². The van der Waals surface area contributed by atoms with E-state index in [0.717, 1.165) is 17.7 Å². The molecule has 1 aliphatic heterocycles. The minimum atomic E-state index is -5.31. The Kier molecular flexibility index (Phi) is 8.38. The molecule has 3 unspecified atom stereocenters. The number of hydrogen-bond donors (Lipinski definition) is 4. The van der Waals surface area contributed by atoms with Crippen molar-refractivity contribution in [3.8, 4) is 0 Å². The van der Waals surface area contributed by atoms with Crippen molar-refractivity contribution < 1.29 is 41.9 Å². The molecule has 2 aromatic carbocycles. The number of aliphatic hydroxyl groups is 3. The Morgan fingerprint density at radius 2 is 1.78 bits per heavy atom. The topological polar surface area (TPSA) is 110 Å². The van der Waals surface area contributed by atoms with Crippen molar-refractivity contribution in [3.05, 3.63) is 59.2 Å². The molecule has 37 heavy (non-hydrogen) atoms. The van der Waals surface area contributed by atoms with E-state index in [4.69, 9.17) is 5.11 Å². The van der Waals surface area contributed by atoms with Crippen LogP contribution in [0.1, 0.15) is 37.0 Å². The molecule has 0 aliphatic carbocycles. The number of carbonyl (C=O) groups is 1. The minimum Gasteiger partial charge on any atom is -0.393 e. The number of anilines is 1. The molecule has 3 rings (SSSR count). The molecule has 12 heteroatoms. The lowest BCUT2D eigenvalue weighted by Crippen LogP contribution is -2.55. The first-order valence-corrected chi connectivity index (χ1v) is 12.7. The molecular weight excluding hydrogens is 516 g/mol. The van der Waals surface area contributed by atoms with E-state index >= 15 is 0 Å². The molecule has 1 aliphatic rings. The van der Waals surface area contributed by atoms with Crippen LogP contribution in [-0.4, -0.2) is 62.6 Å². The van der Waals surface area contributed by atoms with E-state index in [1.807, 2.05) is 6.92 Å². The SMILES string of the molecule is Cc1ccc(S(=O)N2c3ccc(C(O)(C(C)(C)F)C(F)(F)F)cc3CC[C@H]2CNC(=O)C(O)CO)cc1. The molecule has 1 heterocycles. The Balaban J connectivity index is 2.06. The number of rotatable bonds is 8. The van der Waals surface area contributed by atoms with Crippen LogP contribution in [0, 0.1) is 6.92 Å². The van der Waals surface area contributed by atoms with E-state index in [9.17, 15) is 36.8 Å². The van der Waals surface area contributed by atoms with Crippen molar-refractivity contribution in [2.24, 2.45) is 0 Å². The van der Waals surface area contributed by atoms with E-state index in [1.54, 1.807) is 24.3 Å². The van der Waals surface area contributed by atoms with Crippen LogP contribution in [0.3, 0.4) is 0 Å². The predicted molar refractivity (Wildman–Crippen MR) is 130 cm³/mol. The Hall–Kier alpha value is -2.54. The largest absolute Gasteiger partial charge is 0.424 e. The fraction of sp³-hybridized carbons (Fsp3) is 0.480. The summed E-state index contributed by atoms with van der Waals surface area (Å²) in [7, 11) is -1.85. The fourth-order valence-electron chi connectivity index (χ4n) is 4.30. The maximum Gasteiger partial charge on any atom is 0.424 e. The van der Waals surface area contributed by atoms with Crippen LogP contribution in [0.2, 0.25) is 0 Å². The van der Waals surface area contributed by atoms with Gasteiger partial charge in [-0.05, 0) is 62.9 Å². The van der Waals surface area contributed by atoms with Crippen molar-refractivity contribution in [1.29, 1.82) is 0 Å². The summed E-state index contributed by atoms with van der Waals surface area (Å²) >= 11 is 0. The third kappa shape index (κ3) is 5.66. The lowest BCUT2D eigenvalue weighted by molar-refractivity contribution is -0.305. The molecule has 0 spiro atoms. The van der Waals surface area contributed by atoms with Gasteiger partial charge in [-0.3, -0.25) is 9.10 Å². The Labute approximate surface area is 214 Å². The zero-order valence-corrected chi connectivity index (χ0v) is 21.4. The number of aliphatic hydroxyl groups excluding tert-OH is 2. The highest BCUT2D eigenvalue weighted by Crippen LogP contribution is 2.49. The quantitative estimate of drug-likeness (QED) is 0.381. The van der Waals surface area contributed by atoms with Gasteiger partial charge in [0.2, 0.25) is 5.60 Å². The van der Waals surface area contributed by atoms with E-state index in [1.165, 1.54) is 10.4 Å². The number of nitrogens with zero attached hydrogens (tertiary/aromatic N) is 1. The number of carbonyl (C=O) groups excluding carboxylic acids is 1. The van der Waals surface area contributed by atoms with Gasteiger partial charge in [0.15, 0.2) is 17.1 Å². The molecule has 204 valence electrons. The average molecular weight is 547 g/mol. The second kappa shape index (κ2) is 10.7. The molecule has 7 nitrogen and oxygen atoms in total. The zero-order valence-electron chi connectivity index (χ0n) is 20.6. The first kappa shape index (κ1) is 29.0. The molecule has 0 saturated carbocycles. The summed E-state index contributed by atoms with van der Waals surface area (Å²) in [6.45, 7) is 2.30. The maximum absolute atomic E-state index is 14.7. The van der Waals surface area contributed by atoms with Gasteiger partial charge < -0.3 is 20.6 Å². The van der Waals surface area contributed by atoms with Gasteiger partial charge in [0.05, 0.1) is 23.2 Å². The lowest BCUT2D eigenvalue weighted by atomic mass is 9.79. The van der Waals surface area contributed by atoms with Gasteiger partial charge in [-0.25, -0.2) is 8.60 Å². The van der Waals surface area contributed by atoms with Crippen LogP contribution in [-0.2, 0) is 27.8 Å². The summed E-state index contributed by atoms with van der Waals surface area (Å²) in [5.74, 6) is -0.829. The number of nitrogens with one attached hydrogen (secondary N) is 1. The third-order valence-electron chi connectivity index (χ3n) is 6.47. The van der Waals surface area contributed by atoms with Gasteiger partial charge in [0.1, 0.15) is 5.67 Å². The maximum atomic E-state index is 14.7. The van der Waals surface area contributed by atoms with Gasteiger partial charge in [0.25, 0.3) is 5.91 Å². The zero-order chi connectivity index (χ0) is 27.8. The summed E-state index contributed by atoms with van der Waals surface area (Å²) in [4.78, 5) is 12.4. The average Bonchev–Trinajstić information content (AvgIpc) is 2.84. The third-order valence-corrected chi connectivity index (χ3v) is 8.00. The standard InChI is InChI=1S/C25H30F4N2O5S/c1-15-4-9-19(10-5-15)37(36)31-18(13-30-22(34)21(33)14-32)8-6-16-12-17(7-11-20(16)31)24(35,23(2,3)26)25(27,28)29/h4-5,7,9-12,18,21,32-33,35H,6,8,13-14H2,1-3H3,(H,30,34)/t18-,21?,24?,37?/m0/s1. The number of amides is 1. The molecule has 0 saturated heterocycles. The lowest BCUT2D eigenvalue weighted by Gasteiger charge is -2.41. The van der Waals surface area contributed by atoms with Crippen LogP contribution < -0.4 is 9.62 Å². The smallest absolute Gasteiger partial charge is 0.393 e. The van der Waals surface area contributed by atoms with E-state index in [2.05, 4.69) is 5.32 Å². The molecule has 2 aromatic rings. The molecule has 4 N–H and O–H groups in total. The molecule has 0 aromatic heterocycles. The highest BCUT2D eigenvalue weighted by Gasteiger charge is 2.64. The van der Waals surface area contributed by atoms with Crippen LogP contribution >= 0.6 is 0 Å². The Bertz CT molecular complexity index is 1140. The van der Waals surface area contributed by atoms with Crippen molar-refractivity contribution in [2.45, 2.75) is 68.1 Å². The van der Waals surface area contributed by atoms with E-state index < -0.39 is 58.7 Å². The molecule has 0 fully saturated rings. The highest BCUT2D eigenvalue weighted by molar-refractivity contribution is 7.86. The second-order valence-electron chi connectivity index (χ2n) is 9.55. The molecule has 0 bridgehead atoms. The first-order chi connectivity index (χ1) is 17.1. The van der Waals surface area contributed by atoms with Crippen molar-refractivity contribution in [2.75, 3.05) is 17.5 Å². The number of halogens is 4. The number of benzene rings is 2. The van der Waals surface area contributed by atoms with Gasteiger partial charge in [0, 0.05) is 6.54 Å². The van der Waals surface area contributed by atoms with Gasteiger partial charge in [-0.1, -0.05) is 29.8 Å². The van der Waals surface area contributed by atoms with Crippen LogP contribution in [0.25, 0.3) is 0 Å².